The SMILES string of the molecule is O=C1CCCCN1c1ccc2c(c1)ncn2Cc1ccc2nc(NC3CCCCC3)sc2c1. The Morgan fingerprint density at radius 3 is 2.79 bits per heavy atom. The summed E-state index contributed by atoms with van der Waals surface area (Å²) in [6, 6.07) is 13.3. The Morgan fingerprint density at radius 2 is 1.91 bits per heavy atom. The van der Waals surface area contributed by atoms with Gasteiger partial charge in [-0.2, -0.15) is 0 Å². The fourth-order valence-electron chi connectivity index (χ4n) is 5.17. The van der Waals surface area contributed by atoms with Gasteiger partial charge in [0.15, 0.2) is 5.13 Å². The first-order valence-corrected chi connectivity index (χ1v) is 13.0. The van der Waals surface area contributed by atoms with Crippen LogP contribution in [0.15, 0.2) is 42.7 Å². The standard InChI is InChI=1S/C26H29N5OS/c32-25-8-4-5-13-31(25)20-10-12-23-22(15-20)27-17-30(23)16-18-9-11-21-24(14-18)33-26(29-21)28-19-6-2-1-3-7-19/h9-12,14-15,17,19H,1-8,13,16H2,(H,28,29). The summed E-state index contributed by atoms with van der Waals surface area (Å²) in [5.74, 6) is 0.218. The maximum atomic E-state index is 12.3. The Labute approximate surface area is 197 Å². The molecule has 0 atom stereocenters. The molecule has 7 heteroatoms. The zero-order chi connectivity index (χ0) is 22.2. The fourth-order valence-corrected chi connectivity index (χ4v) is 6.18. The molecule has 1 aliphatic heterocycles. The van der Waals surface area contributed by atoms with Crippen LogP contribution in [0.3, 0.4) is 0 Å². The third-order valence-electron chi connectivity index (χ3n) is 6.98. The van der Waals surface area contributed by atoms with Gasteiger partial charge >= 0.3 is 0 Å². The van der Waals surface area contributed by atoms with Crippen LogP contribution in [-0.4, -0.2) is 33.0 Å². The van der Waals surface area contributed by atoms with Gasteiger partial charge in [0.1, 0.15) is 0 Å². The van der Waals surface area contributed by atoms with E-state index in [1.165, 1.54) is 42.4 Å². The quantitative estimate of drug-likeness (QED) is 0.400. The van der Waals surface area contributed by atoms with Gasteiger partial charge < -0.3 is 14.8 Å². The van der Waals surface area contributed by atoms with Gasteiger partial charge in [0.05, 0.1) is 27.6 Å². The molecular weight excluding hydrogens is 430 g/mol. The minimum absolute atomic E-state index is 0.218. The van der Waals surface area contributed by atoms with Gasteiger partial charge in [-0.1, -0.05) is 36.7 Å². The molecule has 2 aromatic heterocycles. The van der Waals surface area contributed by atoms with E-state index in [0.717, 1.165) is 53.3 Å². The lowest BCUT2D eigenvalue weighted by molar-refractivity contribution is -0.119. The molecule has 0 unspecified atom stereocenters. The van der Waals surface area contributed by atoms with Gasteiger partial charge in [0, 0.05) is 31.2 Å². The maximum Gasteiger partial charge on any atom is 0.226 e. The molecule has 6 rings (SSSR count). The topological polar surface area (TPSA) is 63.1 Å². The van der Waals surface area contributed by atoms with Crippen LogP contribution >= 0.6 is 11.3 Å². The van der Waals surface area contributed by atoms with Crippen LogP contribution < -0.4 is 10.2 Å². The maximum absolute atomic E-state index is 12.3. The van der Waals surface area contributed by atoms with E-state index in [4.69, 9.17) is 4.98 Å². The molecule has 0 spiro atoms. The summed E-state index contributed by atoms with van der Waals surface area (Å²) in [4.78, 5) is 23.6. The summed E-state index contributed by atoms with van der Waals surface area (Å²) in [6.45, 7) is 1.56. The van der Waals surface area contributed by atoms with Crippen molar-refractivity contribution in [2.75, 3.05) is 16.8 Å². The van der Waals surface area contributed by atoms with Crippen LogP contribution in [-0.2, 0) is 11.3 Å². The molecule has 6 nitrogen and oxygen atoms in total. The highest BCUT2D eigenvalue weighted by atomic mass is 32.1. The summed E-state index contributed by atoms with van der Waals surface area (Å²) in [5, 5.41) is 4.70. The molecule has 33 heavy (non-hydrogen) atoms. The van der Waals surface area contributed by atoms with Crippen LogP contribution in [0.5, 0.6) is 0 Å². The minimum atomic E-state index is 0.218. The minimum Gasteiger partial charge on any atom is -0.359 e. The lowest BCUT2D eigenvalue weighted by Crippen LogP contribution is -2.35. The van der Waals surface area contributed by atoms with Crippen molar-refractivity contribution in [3.63, 3.8) is 0 Å². The van der Waals surface area contributed by atoms with Crippen molar-refractivity contribution in [1.29, 1.82) is 0 Å². The van der Waals surface area contributed by atoms with Crippen molar-refractivity contribution in [1.82, 2.24) is 14.5 Å². The first kappa shape index (κ1) is 20.7. The van der Waals surface area contributed by atoms with E-state index in [1.54, 1.807) is 11.3 Å². The Hall–Kier alpha value is -2.93. The molecule has 2 aliphatic rings. The number of imidazole rings is 1. The predicted octanol–water partition coefficient (Wildman–Crippen LogP) is 5.96. The zero-order valence-corrected chi connectivity index (χ0v) is 19.6. The Kier molecular flexibility index (Phi) is 5.50. The second kappa shape index (κ2) is 8.78. The second-order valence-corrected chi connectivity index (χ2v) is 10.4. The molecule has 1 N–H and O–H groups in total. The number of nitrogens with zero attached hydrogens (tertiary/aromatic N) is 4. The fraction of sp³-hybridized carbons (Fsp3) is 0.423. The van der Waals surface area contributed by atoms with E-state index in [9.17, 15) is 4.79 Å². The van der Waals surface area contributed by atoms with E-state index < -0.39 is 0 Å². The number of nitrogens with one attached hydrogen (secondary N) is 1. The Morgan fingerprint density at radius 1 is 1.00 bits per heavy atom. The number of piperidine rings is 1. The lowest BCUT2D eigenvalue weighted by Gasteiger charge is -2.26. The molecule has 1 aliphatic carbocycles. The molecule has 1 amide bonds. The monoisotopic (exact) mass is 459 g/mol. The normalized spacial score (nSPS) is 17.8. The molecule has 170 valence electrons. The number of aromatic nitrogens is 3. The summed E-state index contributed by atoms with van der Waals surface area (Å²) in [5.41, 5.74) is 5.29. The number of hydrogen-bond donors (Lipinski definition) is 1. The number of hydrogen-bond acceptors (Lipinski definition) is 5. The predicted molar refractivity (Wildman–Crippen MR) is 135 cm³/mol. The van der Waals surface area contributed by atoms with Crippen LogP contribution in [0.25, 0.3) is 21.3 Å². The van der Waals surface area contributed by atoms with Gasteiger partial charge in [-0.05, 0) is 61.6 Å². The number of carbonyl (C=O) groups excluding carboxylic acids is 1. The van der Waals surface area contributed by atoms with Crippen molar-refractivity contribution >= 4 is 49.3 Å². The summed E-state index contributed by atoms with van der Waals surface area (Å²) >= 11 is 1.75. The number of carbonyl (C=O) groups is 1. The zero-order valence-electron chi connectivity index (χ0n) is 18.8. The number of anilines is 2. The molecule has 4 aromatic rings. The molecule has 3 heterocycles. The summed E-state index contributed by atoms with van der Waals surface area (Å²) in [6.07, 6.45) is 11.1. The number of fused-ring (bicyclic) bond motifs is 2. The van der Waals surface area contributed by atoms with Crippen molar-refractivity contribution in [3.8, 4) is 0 Å². The van der Waals surface area contributed by atoms with Crippen molar-refractivity contribution < 1.29 is 4.79 Å². The van der Waals surface area contributed by atoms with E-state index in [-0.39, 0.29) is 5.91 Å². The van der Waals surface area contributed by atoms with E-state index in [1.807, 2.05) is 17.3 Å². The second-order valence-electron chi connectivity index (χ2n) is 9.35. The number of benzene rings is 2. The van der Waals surface area contributed by atoms with Crippen LogP contribution in [0, 0.1) is 0 Å². The molecule has 2 aromatic carbocycles. The van der Waals surface area contributed by atoms with Crippen LogP contribution in [0.2, 0.25) is 0 Å². The third-order valence-corrected chi connectivity index (χ3v) is 7.93. The lowest BCUT2D eigenvalue weighted by atomic mass is 9.96. The van der Waals surface area contributed by atoms with Crippen molar-refractivity contribution in [3.05, 3.63) is 48.3 Å². The van der Waals surface area contributed by atoms with Crippen molar-refractivity contribution in [2.45, 2.75) is 64.0 Å². The van der Waals surface area contributed by atoms with Gasteiger partial charge in [-0.3, -0.25) is 4.79 Å². The number of thiazole rings is 1. The first-order chi connectivity index (χ1) is 16.2. The average molecular weight is 460 g/mol. The van der Waals surface area contributed by atoms with Gasteiger partial charge in [-0.15, -0.1) is 0 Å². The average Bonchev–Trinajstić information content (AvgIpc) is 3.43. The van der Waals surface area contributed by atoms with Crippen LogP contribution in [0.1, 0.15) is 56.9 Å². The number of rotatable bonds is 5. The summed E-state index contributed by atoms with van der Waals surface area (Å²) < 4.78 is 3.40. The number of amides is 1. The van der Waals surface area contributed by atoms with Gasteiger partial charge in [-0.25, -0.2) is 9.97 Å². The third kappa shape index (κ3) is 4.22. The molecule has 0 radical (unpaired) electrons. The summed E-state index contributed by atoms with van der Waals surface area (Å²) in [7, 11) is 0. The Balaban J connectivity index is 1.21. The van der Waals surface area contributed by atoms with Crippen LogP contribution in [0.4, 0.5) is 10.8 Å². The highest BCUT2D eigenvalue weighted by Gasteiger charge is 2.20. The van der Waals surface area contributed by atoms with Gasteiger partial charge in [0.2, 0.25) is 5.91 Å². The highest BCUT2D eigenvalue weighted by molar-refractivity contribution is 7.22. The first-order valence-electron chi connectivity index (χ1n) is 12.1. The Bertz CT molecular complexity index is 1300. The van der Waals surface area contributed by atoms with E-state index in [0.29, 0.717) is 12.5 Å². The van der Waals surface area contributed by atoms with Gasteiger partial charge in [0.25, 0.3) is 0 Å². The van der Waals surface area contributed by atoms with E-state index in [2.05, 4.69) is 45.2 Å². The largest absolute Gasteiger partial charge is 0.359 e. The van der Waals surface area contributed by atoms with Crippen molar-refractivity contribution in [2.24, 2.45) is 0 Å². The molecule has 2 fully saturated rings. The molecule has 0 bridgehead atoms. The molecule has 1 saturated heterocycles. The van der Waals surface area contributed by atoms with E-state index >= 15 is 0 Å². The molecule has 1 saturated carbocycles. The molecular formula is C26H29N5OS. The highest BCUT2D eigenvalue weighted by Crippen LogP contribution is 2.30. The smallest absolute Gasteiger partial charge is 0.226 e.